The summed E-state index contributed by atoms with van der Waals surface area (Å²) in [6, 6.07) is 7.37. The van der Waals surface area contributed by atoms with Gasteiger partial charge in [0.1, 0.15) is 12.2 Å². The van der Waals surface area contributed by atoms with E-state index in [2.05, 4.69) is 5.32 Å². The molecule has 0 radical (unpaired) electrons. The molecule has 0 bridgehead atoms. The molecule has 1 heterocycles. The van der Waals surface area contributed by atoms with Crippen molar-refractivity contribution in [2.24, 2.45) is 5.92 Å². The van der Waals surface area contributed by atoms with E-state index < -0.39 is 30.4 Å². The molecule has 1 fully saturated rings. The number of hydrogen-bond acceptors (Lipinski definition) is 9. The van der Waals surface area contributed by atoms with Crippen molar-refractivity contribution in [3.63, 3.8) is 0 Å². The summed E-state index contributed by atoms with van der Waals surface area (Å²) in [5, 5.41) is 2.46. The molecule has 1 aliphatic rings. The van der Waals surface area contributed by atoms with E-state index in [0.29, 0.717) is 37.6 Å². The molecule has 10 nitrogen and oxygen atoms in total. The van der Waals surface area contributed by atoms with Crippen molar-refractivity contribution in [2.75, 3.05) is 33.2 Å². The molecule has 10 heteroatoms. The second kappa shape index (κ2) is 13.6. The van der Waals surface area contributed by atoms with Crippen LogP contribution in [0.4, 0.5) is 4.79 Å². The average molecular weight is 482 g/mol. The predicted octanol–water partition coefficient (Wildman–Crippen LogP) is 3.22. The van der Waals surface area contributed by atoms with Gasteiger partial charge in [0.25, 0.3) is 0 Å². The third-order valence-corrected chi connectivity index (χ3v) is 4.69. The van der Waals surface area contributed by atoms with E-state index >= 15 is 0 Å². The van der Waals surface area contributed by atoms with Gasteiger partial charge >= 0.3 is 18.0 Å². The van der Waals surface area contributed by atoms with Gasteiger partial charge in [0, 0.05) is 13.2 Å². The van der Waals surface area contributed by atoms with Crippen LogP contribution in [0.5, 0.6) is 11.5 Å². The zero-order valence-electron chi connectivity index (χ0n) is 20.3. The molecule has 2 unspecified atom stereocenters. The minimum atomic E-state index is -0.623. The molecule has 1 saturated heterocycles. The molecule has 1 aromatic rings. The minimum absolute atomic E-state index is 0.0514. The number of rotatable bonds is 11. The number of ether oxygens (including phenoxy) is 6. The summed E-state index contributed by atoms with van der Waals surface area (Å²) >= 11 is 0. The Bertz CT molecular complexity index is 806. The molecule has 190 valence electrons. The molecule has 2 atom stereocenters. The molecule has 0 spiro atoms. The number of carbonyl (C=O) groups is 3. The molecule has 1 amide bonds. The molecular formula is C24H35NO9. The van der Waals surface area contributed by atoms with Gasteiger partial charge < -0.3 is 33.7 Å². The Morgan fingerprint density at radius 1 is 1.09 bits per heavy atom. The summed E-state index contributed by atoms with van der Waals surface area (Å²) in [6.45, 7) is 7.89. The van der Waals surface area contributed by atoms with Crippen LogP contribution in [0.3, 0.4) is 0 Å². The summed E-state index contributed by atoms with van der Waals surface area (Å²) in [5.41, 5.74) is -0.623. The minimum Gasteiger partial charge on any atom is -0.490 e. The lowest BCUT2D eigenvalue weighted by atomic mass is 9.96. The number of nitrogens with one attached hydrogen (secondary N) is 1. The number of carbonyl (C=O) groups excluding carboxylic acids is 3. The Balaban J connectivity index is 1.65. The summed E-state index contributed by atoms with van der Waals surface area (Å²) in [5.74, 6) is -0.166. The van der Waals surface area contributed by atoms with E-state index in [1.54, 1.807) is 20.8 Å². The van der Waals surface area contributed by atoms with Crippen molar-refractivity contribution in [3.8, 4) is 11.5 Å². The largest absolute Gasteiger partial charge is 0.490 e. The highest BCUT2D eigenvalue weighted by Gasteiger charge is 2.30. The Morgan fingerprint density at radius 2 is 1.79 bits per heavy atom. The smallest absolute Gasteiger partial charge is 0.407 e. The predicted molar refractivity (Wildman–Crippen MR) is 121 cm³/mol. The zero-order chi connectivity index (χ0) is 25.0. The summed E-state index contributed by atoms with van der Waals surface area (Å²) in [6.07, 6.45) is -0.0211. The van der Waals surface area contributed by atoms with Crippen LogP contribution >= 0.6 is 0 Å². The lowest BCUT2D eigenvalue weighted by Gasteiger charge is -2.28. The van der Waals surface area contributed by atoms with Gasteiger partial charge in [-0.1, -0.05) is 12.1 Å². The lowest BCUT2D eigenvalue weighted by molar-refractivity contribution is -0.173. The standard InChI is InChI=1S/C24H35NO9/c1-5-29-19-8-6-7-9-20(19)31-15-18-14-17(11-13-30-18)22(27)33-16-32-21(26)10-12-25-23(28)34-24(2,3)4/h6-9,17-18H,5,10-16H2,1-4H3,(H,25,28). The van der Waals surface area contributed by atoms with E-state index in [-0.39, 0.29) is 31.6 Å². The molecule has 0 saturated carbocycles. The quantitative estimate of drug-likeness (QED) is 0.375. The maximum Gasteiger partial charge on any atom is 0.407 e. The Kier molecular flexibility index (Phi) is 10.9. The van der Waals surface area contributed by atoms with Crippen LogP contribution in [0, 0.1) is 5.92 Å². The summed E-state index contributed by atoms with van der Waals surface area (Å²) in [4.78, 5) is 35.7. The van der Waals surface area contributed by atoms with Gasteiger partial charge in [-0.05, 0) is 52.7 Å². The van der Waals surface area contributed by atoms with Crippen molar-refractivity contribution >= 4 is 18.0 Å². The molecule has 2 rings (SSSR count). The Morgan fingerprint density at radius 3 is 2.47 bits per heavy atom. The van der Waals surface area contributed by atoms with Gasteiger partial charge in [0.15, 0.2) is 11.5 Å². The lowest BCUT2D eigenvalue weighted by Crippen LogP contribution is -2.35. The number of alkyl carbamates (subject to hydrolysis) is 1. The fourth-order valence-corrected chi connectivity index (χ4v) is 3.16. The monoisotopic (exact) mass is 481 g/mol. The first kappa shape index (κ1) is 27.2. The maximum atomic E-state index is 12.4. The van der Waals surface area contributed by atoms with Crippen LogP contribution in [0.25, 0.3) is 0 Å². The third kappa shape index (κ3) is 10.3. The molecule has 0 aliphatic carbocycles. The first-order valence-electron chi connectivity index (χ1n) is 11.4. The zero-order valence-corrected chi connectivity index (χ0v) is 20.3. The van der Waals surface area contributed by atoms with Crippen LogP contribution in [-0.2, 0) is 28.5 Å². The molecule has 34 heavy (non-hydrogen) atoms. The number of para-hydroxylation sites is 2. The van der Waals surface area contributed by atoms with E-state index in [1.165, 1.54) is 0 Å². The van der Waals surface area contributed by atoms with Crippen molar-refractivity contribution in [1.29, 1.82) is 0 Å². The van der Waals surface area contributed by atoms with Crippen LogP contribution in [0.15, 0.2) is 24.3 Å². The molecule has 1 aliphatic heterocycles. The third-order valence-electron chi connectivity index (χ3n) is 4.69. The topological polar surface area (TPSA) is 119 Å². The van der Waals surface area contributed by atoms with Gasteiger partial charge in [-0.15, -0.1) is 0 Å². The molecule has 1 N–H and O–H groups in total. The first-order chi connectivity index (χ1) is 16.2. The number of benzene rings is 1. The second-order valence-electron chi connectivity index (χ2n) is 8.68. The number of amides is 1. The van der Waals surface area contributed by atoms with Gasteiger partial charge in [0.05, 0.1) is 25.0 Å². The van der Waals surface area contributed by atoms with Crippen LogP contribution < -0.4 is 14.8 Å². The fraction of sp³-hybridized carbons (Fsp3) is 0.625. The normalized spacial score (nSPS) is 17.9. The average Bonchev–Trinajstić information content (AvgIpc) is 2.77. The van der Waals surface area contributed by atoms with Gasteiger partial charge in [-0.3, -0.25) is 9.59 Å². The second-order valence-corrected chi connectivity index (χ2v) is 8.68. The fourth-order valence-electron chi connectivity index (χ4n) is 3.16. The van der Waals surface area contributed by atoms with E-state index in [4.69, 9.17) is 28.4 Å². The highest BCUT2D eigenvalue weighted by atomic mass is 16.7. The maximum absolute atomic E-state index is 12.4. The van der Waals surface area contributed by atoms with Crippen molar-refractivity contribution in [2.45, 2.75) is 58.7 Å². The summed E-state index contributed by atoms with van der Waals surface area (Å²) in [7, 11) is 0. The number of hydrogen-bond donors (Lipinski definition) is 1. The van der Waals surface area contributed by atoms with Gasteiger partial charge in [-0.25, -0.2) is 4.79 Å². The van der Waals surface area contributed by atoms with Crippen LogP contribution in [0.2, 0.25) is 0 Å². The SMILES string of the molecule is CCOc1ccccc1OCC1CC(C(=O)OCOC(=O)CCNC(=O)OC(C)(C)C)CCO1. The van der Waals surface area contributed by atoms with Crippen LogP contribution in [-0.4, -0.2) is 62.9 Å². The van der Waals surface area contributed by atoms with Crippen LogP contribution in [0.1, 0.15) is 47.0 Å². The number of esters is 2. The highest BCUT2D eigenvalue weighted by Crippen LogP contribution is 2.28. The van der Waals surface area contributed by atoms with Crippen molar-refractivity contribution < 1.29 is 42.8 Å². The van der Waals surface area contributed by atoms with E-state index in [1.807, 2.05) is 31.2 Å². The summed E-state index contributed by atoms with van der Waals surface area (Å²) < 4.78 is 32.2. The highest BCUT2D eigenvalue weighted by molar-refractivity contribution is 5.73. The van der Waals surface area contributed by atoms with Crippen molar-refractivity contribution in [1.82, 2.24) is 5.32 Å². The van der Waals surface area contributed by atoms with Gasteiger partial charge in [-0.2, -0.15) is 0 Å². The van der Waals surface area contributed by atoms with E-state index in [0.717, 1.165) is 0 Å². The molecule has 0 aromatic heterocycles. The molecular weight excluding hydrogens is 446 g/mol. The van der Waals surface area contributed by atoms with Crippen molar-refractivity contribution in [3.05, 3.63) is 24.3 Å². The van der Waals surface area contributed by atoms with Gasteiger partial charge in [0.2, 0.25) is 6.79 Å². The molecule has 1 aromatic carbocycles. The van der Waals surface area contributed by atoms with E-state index in [9.17, 15) is 14.4 Å². The Labute approximate surface area is 200 Å². The first-order valence-corrected chi connectivity index (χ1v) is 11.4. The Hall–Kier alpha value is -3.01.